The molecule has 1 amide bonds. The normalized spacial score (nSPS) is 11.5. The number of carbonyl (C=O) groups is 1. The summed E-state index contributed by atoms with van der Waals surface area (Å²) in [7, 11) is 1.68. The van der Waals surface area contributed by atoms with Crippen molar-refractivity contribution in [2.75, 3.05) is 18.5 Å². The maximum Gasteiger partial charge on any atom is 0.266 e. The van der Waals surface area contributed by atoms with E-state index < -0.39 is 5.91 Å². The Kier molecular flexibility index (Phi) is 2.97. The molecule has 0 aliphatic carbocycles. The van der Waals surface area contributed by atoms with Crippen LogP contribution >= 0.6 is 0 Å². The number of rotatable bonds is 3. The fraction of sp³-hybridized carbons (Fsp3) is 0.667. The van der Waals surface area contributed by atoms with E-state index in [1.165, 1.54) is 0 Å². The highest BCUT2D eigenvalue weighted by Gasteiger charge is 2.23. The van der Waals surface area contributed by atoms with Crippen molar-refractivity contribution < 1.29 is 9.32 Å². The summed E-state index contributed by atoms with van der Waals surface area (Å²) in [6.45, 7) is 5.98. The van der Waals surface area contributed by atoms with Gasteiger partial charge in [0.2, 0.25) is 11.8 Å². The number of hydrogen-bond acceptors (Lipinski definition) is 5. The smallest absolute Gasteiger partial charge is 0.266 e. The van der Waals surface area contributed by atoms with E-state index >= 15 is 0 Å². The first-order valence-corrected chi connectivity index (χ1v) is 4.64. The third-order valence-electron chi connectivity index (χ3n) is 1.79. The van der Waals surface area contributed by atoms with Gasteiger partial charge in [-0.3, -0.25) is 4.79 Å². The molecule has 1 heterocycles. The van der Waals surface area contributed by atoms with Crippen molar-refractivity contribution in [3.05, 3.63) is 5.89 Å². The van der Waals surface area contributed by atoms with E-state index in [1.54, 1.807) is 11.9 Å². The van der Waals surface area contributed by atoms with Gasteiger partial charge in [0.25, 0.3) is 5.95 Å². The molecule has 0 aliphatic heterocycles. The number of aromatic nitrogens is 2. The molecule has 0 saturated heterocycles. The molecule has 0 spiro atoms. The standard InChI is InChI=1S/C9H16N4O2/c1-9(2,3)7-11-8(12-15-7)13(4)5-6(10)14/h5H2,1-4H3,(H2,10,14). The van der Waals surface area contributed by atoms with Gasteiger partial charge >= 0.3 is 0 Å². The van der Waals surface area contributed by atoms with Gasteiger partial charge in [-0.2, -0.15) is 4.98 Å². The average Bonchev–Trinajstić information content (AvgIpc) is 2.48. The number of hydrogen-bond donors (Lipinski definition) is 1. The molecule has 0 atom stereocenters. The second kappa shape index (κ2) is 3.88. The Morgan fingerprint density at radius 2 is 2.13 bits per heavy atom. The zero-order chi connectivity index (χ0) is 11.6. The first kappa shape index (κ1) is 11.5. The Bertz CT molecular complexity index is 353. The Labute approximate surface area is 88.4 Å². The number of amides is 1. The molecule has 0 saturated carbocycles. The van der Waals surface area contributed by atoms with Crippen molar-refractivity contribution in [3.63, 3.8) is 0 Å². The van der Waals surface area contributed by atoms with Crippen LogP contribution in [-0.2, 0) is 10.2 Å². The van der Waals surface area contributed by atoms with Crippen molar-refractivity contribution in [2.24, 2.45) is 5.73 Å². The second-order valence-corrected chi connectivity index (χ2v) is 4.47. The first-order valence-electron chi connectivity index (χ1n) is 4.64. The molecular formula is C9H16N4O2. The predicted molar refractivity (Wildman–Crippen MR) is 55.5 cm³/mol. The minimum atomic E-state index is -0.431. The van der Waals surface area contributed by atoms with Crippen LogP contribution in [0, 0.1) is 0 Å². The summed E-state index contributed by atoms with van der Waals surface area (Å²) >= 11 is 0. The van der Waals surface area contributed by atoms with E-state index in [2.05, 4.69) is 10.1 Å². The molecule has 0 aromatic carbocycles. The van der Waals surface area contributed by atoms with Crippen molar-refractivity contribution in [3.8, 4) is 0 Å². The van der Waals surface area contributed by atoms with Gasteiger partial charge in [0.15, 0.2) is 0 Å². The lowest BCUT2D eigenvalue weighted by Crippen LogP contribution is -2.31. The molecule has 1 rings (SSSR count). The summed E-state index contributed by atoms with van der Waals surface area (Å²) in [5.74, 6) is 0.479. The third kappa shape index (κ3) is 2.93. The summed E-state index contributed by atoms with van der Waals surface area (Å²) in [5.41, 5.74) is 4.86. The fourth-order valence-electron chi connectivity index (χ4n) is 0.980. The van der Waals surface area contributed by atoms with E-state index in [-0.39, 0.29) is 12.0 Å². The van der Waals surface area contributed by atoms with Gasteiger partial charge in [0, 0.05) is 12.5 Å². The highest BCUT2D eigenvalue weighted by molar-refractivity contribution is 5.78. The van der Waals surface area contributed by atoms with E-state index in [9.17, 15) is 4.79 Å². The predicted octanol–water partition coefficient (Wildman–Crippen LogP) is 0.289. The van der Waals surface area contributed by atoms with Crippen LogP contribution in [0.3, 0.4) is 0 Å². The Hall–Kier alpha value is -1.59. The summed E-state index contributed by atoms with van der Waals surface area (Å²) in [5, 5.41) is 3.77. The van der Waals surface area contributed by atoms with Crippen molar-refractivity contribution >= 4 is 11.9 Å². The van der Waals surface area contributed by atoms with Gasteiger partial charge in [-0.05, 0) is 5.16 Å². The number of nitrogens with zero attached hydrogens (tertiary/aromatic N) is 3. The van der Waals surface area contributed by atoms with Crippen LogP contribution in [0.1, 0.15) is 26.7 Å². The lowest BCUT2D eigenvalue weighted by Gasteiger charge is -2.12. The number of carbonyl (C=O) groups excluding carboxylic acids is 1. The topological polar surface area (TPSA) is 85.2 Å². The van der Waals surface area contributed by atoms with Crippen LogP contribution in [0.5, 0.6) is 0 Å². The van der Waals surface area contributed by atoms with Gasteiger partial charge in [-0.25, -0.2) is 0 Å². The molecule has 0 aliphatic rings. The van der Waals surface area contributed by atoms with E-state index in [1.807, 2.05) is 20.8 Å². The fourth-order valence-corrected chi connectivity index (χ4v) is 0.980. The minimum absolute atomic E-state index is 0.0725. The van der Waals surface area contributed by atoms with Crippen molar-refractivity contribution in [1.29, 1.82) is 0 Å². The maximum absolute atomic E-state index is 10.7. The quantitative estimate of drug-likeness (QED) is 0.778. The van der Waals surface area contributed by atoms with Gasteiger partial charge in [0.1, 0.15) is 0 Å². The average molecular weight is 212 g/mol. The molecule has 0 unspecified atom stereocenters. The molecule has 15 heavy (non-hydrogen) atoms. The molecular weight excluding hydrogens is 196 g/mol. The van der Waals surface area contributed by atoms with Crippen LogP contribution in [0.2, 0.25) is 0 Å². The second-order valence-electron chi connectivity index (χ2n) is 4.47. The van der Waals surface area contributed by atoms with Gasteiger partial charge in [-0.1, -0.05) is 20.8 Å². The molecule has 1 aromatic rings. The van der Waals surface area contributed by atoms with Gasteiger partial charge in [0.05, 0.1) is 6.54 Å². The van der Waals surface area contributed by atoms with Crippen LogP contribution in [-0.4, -0.2) is 29.6 Å². The van der Waals surface area contributed by atoms with Gasteiger partial charge in [-0.15, -0.1) is 0 Å². The molecule has 0 bridgehead atoms. The van der Waals surface area contributed by atoms with Crippen LogP contribution < -0.4 is 10.6 Å². The van der Waals surface area contributed by atoms with Crippen molar-refractivity contribution in [2.45, 2.75) is 26.2 Å². The number of anilines is 1. The molecule has 84 valence electrons. The van der Waals surface area contributed by atoms with Crippen LogP contribution in [0.4, 0.5) is 5.95 Å². The summed E-state index contributed by atoms with van der Waals surface area (Å²) < 4.78 is 5.08. The van der Waals surface area contributed by atoms with E-state index in [0.29, 0.717) is 11.8 Å². The van der Waals surface area contributed by atoms with Gasteiger partial charge < -0.3 is 15.2 Å². The summed E-state index contributed by atoms with van der Waals surface area (Å²) in [6, 6.07) is 0. The summed E-state index contributed by atoms with van der Waals surface area (Å²) in [4.78, 5) is 16.4. The lowest BCUT2D eigenvalue weighted by molar-refractivity contribution is -0.116. The zero-order valence-corrected chi connectivity index (χ0v) is 9.44. The largest absolute Gasteiger partial charge is 0.368 e. The lowest BCUT2D eigenvalue weighted by atomic mass is 9.97. The summed E-state index contributed by atoms with van der Waals surface area (Å²) in [6.07, 6.45) is 0. The minimum Gasteiger partial charge on any atom is -0.368 e. The molecule has 6 heteroatoms. The zero-order valence-electron chi connectivity index (χ0n) is 9.44. The SMILES string of the molecule is CN(CC(N)=O)c1noc(C(C)(C)C)n1. The monoisotopic (exact) mass is 212 g/mol. The molecule has 1 aromatic heterocycles. The Morgan fingerprint density at radius 1 is 1.53 bits per heavy atom. The molecule has 0 fully saturated rings. The maximum atomic E-state index is 10.7. The number of primary amides is 1. The third-order valence-corrected chi connectivity index (χ3v) is 1.79. The molecule has 6 nitrogen and oxygen atoms in total. The first-order chi connectivity index (χ1) is 6.80. The number of nitrogens with two attached hydrogens (primary N) is 1. The van der Waals surface area contributed by atoms with E-state index in [0.717, 1.165) is 0 Å². The van der Waals surface area contributed by atoms with Crippen LogP contribution in [0.15, 0.2) is 4.52 Å². The van der Waals surface area contributed by atoms with Crippen molar-refractivity contribution in [1.82, 2.24) is 10.1 Å². The molecule has 0 radical (unpaired) electrons. The van der Waals surface area contributed by atoms with Crippen LogP contribution in [0.25, 0.3) is 0 Å². The number of likely N-dealkylation sites (N-methyl/N-ethyl adjacent to an activating group) is 1. The Balaban J connectivity index is 2.80. The highest BCUT2D eigenvalue weighted by atomic mass is 16.5. The molecule has 2 N–H and O–H groups in total. The Morgan fingerprint density at radius 3 is 2.53 bits per heavy atom. The highest BCUT2D eigenvalue weighted by Crippen LogP contribution is 2.21. The van der Waals surface area contributed by atoms with E-state index in [4.69, 9.17) is 10.3 Å².